The van der Waals surface area contributed by atoms with E-state index in [1.807, 2.05) is 12.1 Å². The number of hydrogen-bond acceptors (Lipinski definition) is 3. The molecule has 3 heteroatoms. The van der Waals surface area contributed by atoms with E-state index in [0.717, 1.165) is 11.5 Å². The lowest BCUT2D eigenvalue weighted by atomic mass is 10.3. The Morgan fingerprint density at radius 3 is 2.64 bits per heavy atom. The Morgan fingerprint density at radius 1 is 1.29 bits per heavy atom. The summed E-state index contributed by atoms with van der Waals surface area (Å²) in [6.07, 6.45) is 5.45. The maximum absolute atomic E-state index is 5.71. The molecule has 0 aliphatic heterocycles. The van der Waals surface area contributed by atoms with Gasteiger partial charge in [0.05, 0.1) is 12.6 Å². The number of hydrogen-bond donors (Lipinski definition) is 1. The molecule has 2 rings (SSSR count). The minimum atomic E-state index is 0.446. The molecule has 1 saturated carbocycles. The number of furan rings is 1. The summed E-state index contributed by atoms with van der Waals surface area (Å²) in [5.41, 5.74) is 5.45. The van der Waals surface area contributed by atoms with Crippen molar-refractivity contribution in [2.24, 2.45) is 5.73 Å². The highest BCUT2D eigenvalue weighted by atomic mass is 16.5. The van der Waals surface area contributed by atoms with Gasteiger partial charge in [-0.1, -0.05) is 12.8 Å². The lowest BCUT2D eigenvalue weighted by Gasteiger charge is -2.08. The second kappa shape index (κ2) is 4.62. The van der Waals surface area contributed by atoms with Crippen LogP contribution in [0.3, 0.4) is 0 Å². The van der Waals surface area contributed by atoms with E-state index in [4.69, 9.17) is 14.9 Å². The SMILES string of the molecule is NCc1ccc(COC2CCCC2)o1. The quantitative estimate of drug-likeness (QED) is 0.801. The Labute approximate surface area is 84.2 Å². The zero-order chi connectivity index (χ0) is 9.80. The Kier molecular flexibility index (Phi) is 3.22. The third-order valence-electron chi connectivity index (χ3n) is 2.68. The van der Waals surface area contributed by atoms with E-state index in [0.29, 0.717) is 19.3 Å². The molecule has 0 atom stereocenters. The fraction of sp³-hybridized carbons (Fsp3) is 0.636. The molecule has 0 saturated heterocycles. The van der Waals surface area contributed by atoms with Crippen LogP contribution in [0.25, 0.3) is 0 Å². The van der Waals surface area contributed by atoms with Crippen molar-refractivity contribution in [2.45, 2.75) is 44.9 Å². The van der Waals surface area contributed by atoms with Gasteiger partial charge < -0.3 is 14.9 Å². The summed E-state index contributed by atoms with van der Waals surface area (Å²) in [6, 6.07) is 3.85. The van der Waals surface area contributed by atoms with Crippen LogP contribution in [0.1, 0.15) is 37.2 Å². The summed E-state index contributed by atoms with van der Waals surface area (Å²) in [5, 5.41) is 0. The average Bonchev–Trinajstić information content (AvgIpc) is 2.86. The molecule has 14 heavy (non-hydrogen) atoms. The minimum absolute atomic E-state index is 0.446. The van der Waals surface area contributed by atoms with Crippen molar-refractivity contribution in [1.82, 2.24) is 0 Å². The summed E-state index contributed by atoms with van der Waals surface area (Å²) >= 11 is 0. The molecule has 0 amide bonds. The number of nitrogens with two attached hydrogens (primary N) is 1. The second-order valence-corrected chi connectivity index (χ2v) is 3.79. The van der Waals surface area contributed by atoms with E-state index in [2.05, 4.69) is 0 Å². The second-order valence-electron chi connectivity index (χ2n) is 3.79. The molecular weight excluding hydrogens is 178 g/mol. The van der Waals surface area contributed by atoms with Crippen molar-refractivity contribution in [3.05, 3.63) is 23.7 Å². The molecule has 0 spiro atoms. The standard InChI is InChI=1S/C11H17NO2/c12-7-10-5-6-11(14-10)8-13-9-3-1-2-4-9/h5-6,9H,1-4,7-8,12H2. The van der Waals surface area contributed by atoms with Gasteiger partial charge in [0.2, 0.25) is 0 Å². The fourth-order valence-corrected chi connectivity index (χ4v) is 1.86. The van der Waals surface area contributed by atoms with E-state index in [9.17, 15) is 0 Å². The van der Waals surface area contributed by atoms with Crippen molar-refractivity contribution in [3.8, 4) is 0 Å². The first-order valence-electron chi connectivity index (χ1n) is 5.28. The van der Waals surface area contributed by atoms with Crippen molar-refractivity contribution >= 4 is 0 Å². The average molecular weight is 195 g/mol. The molecule has 3 nitrogen and oxygen atoms in total. The molecule has 78 valence electrons. The number of ether oxygens (including phenoxy) is 1. The first kappa shape index (κ1) is 9.74. The van der Waals surface area contributed by atoms with Crippen LogP contribution in [0.15, 0.2) is 16.5 Å². The van der Waals surface area contributed by atoms with Crippen LogP contribution in [0, 0.1) is 0 Å². The van der Waals surface area contributed by atoms with Crippen molar-refractivity contribution in [2.75, 3.05) is 0 Å². The van der Waals surface area contributed by atoms with E-state index in [1.54, 1.807) is 0 Å². The maximum atomic E-state index is 5.71. The molecular formula is C11H17NO2. The molecule has 0 radical (unpaired) electrons. The van der Waals surface area contributed by atoms with E-state index >= 15 is 0 Å². The summed E-state index contributed by atoms with van der Waals surface area (Å²) in [4.78, 5) is 0. The van der Waals surface area contributed by atoms with Crippen LogP contribution in [0.2, 0.25) is 0 Å². The van der Waals surface area contributed by atoms with Gasteiger partial charge in [-0.15, -0.1) is 0 Å². The first-order valence-corrected chi connectivity index (χ1v) is 5.28. The largest absolute Gasteiger partial charge is 0.462 e. The zero-order valence-electron chi connectivity index (χ0n) is 8.37. The summed E-state index contributed by atoms with van der Waals surface area (Å²) < 4.78 is 11.2. The smallest absolute Gasteiger partial charge is 0.129 e. The van der Waals surface area contributed by atoms with E-state index in [1.165, 1.54) is 25.7 Å². The summed E-state index contributed by atoms with van der Waals surface area (Å²) in [5.74, 6) is 1.72. The van der Waals surface area contributed by atoms with Gasteiger partial charge in [0.25, 0.3) is 0 Å². The van der Waals surface area contributed by atoms with E-state index < -0.39 is 0 Å². The topological polar surface area (TPSA) is 48.4 Å². The third-order valence-corrected chi connectivity index (χ3v) is 2.68. The van der Waals surface area contributed by atoms with Gasteiger partial charge in [0, 0.05) is 0 Å². The van der Waals surface area contributed by atoms with Crippen LogP contribution >= 0.6 is 0 Å². The Hall–Kier alpha value is -0.800. The van der Waals surface area contributed by atoms with Crippen LogP contribution < -0.4 is 5.73 Å². The van der Waals surface area contributed by atoms with Gasteiger partial charge >= 0.3 is 0 Å². The zero-order valence-corrected chi connectivity index (χ0v) is 8.37. The van der Waals surface area contributed by atoms with Gasteiger partial charge in [-0.2, -0.15) is 0 Å². The van der Waals surface area contributed by atoms with Gasteiger partial charge in [-0.25, -0.2) is 0 Å². The third kappa shape index (κ3) is 2.36. The van der Waals surface area contributed by atoms with Crippen LogP contribution in [0.5, 0.6) is 0 Å². The van der Waals surface area contributed by atoms with Crippen molar-refractivity contribution < 1.29 is 9.15 Å². The molecule has 1 heterocycles. The number of rotatable bonds is 4. The summed E-state index contributed by atoms with van der Waals surface area (Å²) in [6.45, 7) is 1.05. The van der Waals surface area contributed by atoms with Crippen molar-refractivity contribution in [3.63, 3.8) is 0 Å². The minimum Gasteiger partial charge on any atom is -0.462 e. The van der Waals surface area contributed by atoms with Gasteiger partial charge in [0.1, 0.15) is 18.1 Å². The first-order chi connectivity index (χ1) is 6.88. The highest BCUT2D eigenvalue weighted by Crippen LogP contribution is 2.22. The molecule has 0 aromatic carbocycles. The Morgan fingerprint density at radius 2 is 2.00 bits per heavy atom. The van der Waals surface area contributed by atoms with Crippen LogP contribution in [-0.2, 0) is 17.9 Å². The Bertz CT molecular complexity index is 277. The molecule has 1 fully saturated rings. The fourth-order valence-electron chi connectivity index (χ4n) is 1.86. The predicted octanol–water partition coefficient (Wildman–Crippen LogP) is 2.20. The molecule has 2 N–H and O–H groups in total. The molecule has 0 unspecified atom stereocenters. The lowest BCUT2D eigenvalue weighted by molar-refractivity contribution is 0.0353. The lowest BCUT2D eigenvalue weighted by Crippen LogP contribution is -2.06. The highest BCUT2D eigenvalue weighted by Gasteiger charge is 2.15. The van der Waals surface area contributed by atoms with Gasteiger partial charge in [-0.05, 0) is 25.0 Å². The van der Waals surface area contributed by atoms with Crippen LogP contribution in [-0.4, -0.2) is 6.10 Å². The van der Waals surface area contributed by atoms with Crippen molar-refractivity contribution in [1.29, 1.82) is 0 Å². The molecule has 1 aromatic rings. The molecule has 1 aliphatic rings. The summed E-state index contributed by atoms with van der Waals surface area (Å²) in [7, 11) is 0. The molecule has 0 bridgehead atoms. The monoisotopic (exact) mass is 195 g/mol. The predicted molar refractivity (Wildman–Crippen MR) is 53.6 cm³/mol. The van der Waals surface area contributed by atoms with Gasteiger partial charge in [-0.3, -0.25) is 0 Å². The van der Waals surface area contributed by atoms with E-state index in [-0.39, 0.29) is 0 Å². The Balaban J connectivity index is 1.79. The van der Waals surface area contributed by atoms with Crippen LogP contribution in [0.4, 0.5) is 0 Å². The highest BCUT2D eigenvalue weighted by molar-refractivity contribution is 5.05. The molecule has 1 aliphatic carbocycles. The molecule has 1 aromatic heterocycles. The normalized spacial score (nSPS) is 17.8. The van der Waals surface area contributed by atoms with Gasteiger partial charge in [0.15, 0.2) is 0 Å². The maximum Gasteiger partial charge on any atom is 0.129 e.